The molecule has 10 heteroatoms. The molecule has 3 amide bonds. The van der Waals surface area contributed by atoms with Gasteiger partial charge in [-0.05, 0) is 55.8 Å². The van der Waals surface area contributed by atoms with E-state index in [4.69, 9.17) is 11.6 Å². The molecule has 3 aromatic rings. The zero-order valence-corrected chi connectivity index (χ0v) is 17.9. The molecule has 2 atom stereocenters. The number of hydrogen-bond donors (Lipinski definition) is 4. The fourth-order valence-electron chi connectivity index (χ4n) is 3.55. The summed E-state index contributed by atoms with van der Waals surface area (Å²) in [5, 5.41) is 22.0. The van der Waals surface area contributed by atoms with Gasteiger partial charge in [-0.2, -0.15) is 5.10 Å². The van der Waals surface area contributed by atoms with Gasteiger partial charge in [0.05, 0.1) is 11.4 Å². The normalized spacial score (nSPS) is 19.3. The molecule has 1 saturated carbocycles. The fraction of sp³-hybridized carbons (Fsp3) is 0.227. The third kappa shape index (κ3) is 4.30. The van der Waals surface area contributed by atoms with Gasteiger partial charge in [-0.15, -0.1) is 0 Å². The maximum atomic E-state index is 14.7. The molecule has 8 nitrogen and oxygen atoms in total. The number of nitrogens with zero attached hydrogens (tertiary/aromatic N) is 2. The van der Waals surface area contributed by atoms with Gasteiger partial charge in [0.2, 0.25) is 0 Å². The van der Waals surface area contributed by atoms with Crippen LogP contribution in [0, 0.1) is 18.7 Å². The number of benzene rings is 2. The number of nitrogens with one attached hydrogen (secondary N) is 3. The zero-order valence-electron chi connectivity index (χ0n) is 17.1. The molecule has 4 rings (SSSR count). The van der Waals surface area contributed by atoms with Crippen molar-refractivity contribution in [1.29, 1.82) is 0 Å². The van der Waals surface area contributed by atoms with Gasteiger partial charge in [0, 0.05) is 41.2 Å². The van der Waals surface area contributed by atoms with Gasteiger partial charge in [-0.25, -0.2) is 13.9 Å². The number of urea groups is 1. The zero-order chi connectivity index (χ0) is 22.9. The molecule has 0 saturated heterocycles. The Hall–Kier alpha value is -3.43. The molecule has 166 valence electrons. The highest BCUT2D eigenvalue weighted by molar-refractivity contribution is 6.30. The van der Waals surface area contributed by atoms with Gasteiger partial charge in [-0.1, -0.05) is 11.6 Å². The summed E-state index contributed by atoms with van der Waals surface area (Å²) in [5.74, 6) is -1.73. The molecule has 1 heterocycles. The minimum Gasteiger partial charge on any atom is -0.396 e. The highest BCUT2D eigenvalue weighted by Crippen LogP contribution is 2.44. The predicted octanol–water partition coefficient (Wildman–Crippen LogP) is 3.48. The Morgan fingerprint density at radius 3 is 2.56 bits per heavy atom. The molecule has 0 spiro atoms. The Labute approximate surface area is 188 Å². The number of halogens is 2. The van der Waals surface area contributed by atoms with Crippen molar-refractivity contribution in [2.24, 2.45) is 5.92 Å². The van der Waals surface area contributed by atoms with E-state index in [1.807, 2.05) is 6.92 Å². The second-order valence-electron chi connectivity index (χ2n) is 7.64. The third-order valence-electron chi connectivity index (χ3n) is 5.45. The Kier molecular flexibility index (Phi) is 5.86. The molecule has 1 aromatic heterocycles. The highest BCUT2D eigenvalue weighted by atomic mass is 35.5. The average molecular weight is 458 g/mol. The lowest BCUT2D eigenvalue weighted by molar-refractivity contribution is -0.119. The Morgan fingerprint density at radius 1 is 1.22 bits per heavy atom. The molecule has 2 aromatic carbocycles. The molecule has 0 radical (unpaired) electrons. The minimum atomic E-state index is -1.34. The minimum absolute atomic E-state index is 0.0357. The number of carbonyl (C=O) groups is 2. The van der Waals surface area contributed by atoms with E-state index in [2.05, 4.69) is 21.0 Å². The summed E-state index contributed by atoms with van der Waals surface area (Å²) >= 11 is 5.84. The van der Waals surface area contributed by atoms with E-state index in [9.17, 15) is 19.1 Å². The maximum Gasteiger partial charge on any atom is 0.320 e. The Morgan fingerprint density at radius 2 is 1.97 bits per heavy atom. The number of aromatic nitrogens is 2. The largest absolute Gasteiger partial charge is 0.396 e. The van der Waals surface area contributed by atoms with E-state index >= 15 is 0 Å². The second-order valence-corrected chi connectivity index (χ2v) is 8.08. The van der Waals surface area contributed by atoms with E-state index in [0.717, 1.165) is 5.69 Å². The molecule has 0 aliphatic heterocycles. The van der Waals surface area contributed by atoms with Gasteiger partial charge in [-0.3, -0.25) is 4.79 Å². The molecule has 32 heavy (non-hydrogen) atoms. The van der Waals surface area contributed by atoms with Crippen LogP contribution in [0.3, 0.4) is 0 Å². The molecule has 2 unspecified atom stereocenters. The topological polar surface area (TPSA) is 108 Å². The number of hydrogen-bond acceptors (Lipinski definition) is 4. The third-order valence-corrected chi connectivity index (χ3v) is 5.70. The van der Waals surface area contributed by atoms with Crippen LogP contribution in [0.4, 0.5) is 20.6 Å². The summed E-state index contributed by atoms with van der Waals surface area (Å²) in [5.41, 5.74) is 0.456. The first-order valence-electron chi connectivity index (χ1n) is 9.90. The van der Waals surface area contributed by atoms with Gasteiger partial charge < -0.3 is 21.1 Å². The molecule has 4 N–H and O–H groups in total. The number of anilines is 2. The number of amides is 3. The van der Waals surface area contributed by atoms with Crippen molar-refractivity contribution < 1.29 is 19.1 Å². The molecular formula is C22H21ClFN5O3. The van der Waals surface area contributed by atoms with Crippen LogP contribution in [0.25, 0.3) is 5.69 Å². The van der Waals surface area contributed by atoms with E-state index in [-0.39, 0.29) is 18.7 Å². The van der Waals surface area contributed by atoms with Crippen LogP contribution in [-0.4, -0.2) is 39.0 Å². The van der Waals surface area contributed by atoms with Crippen LogP contribution in [0.2, 0.25) is 5.02 Å². The number of aliphatic hydroxyl groups is 1. The van der Waals surface area contributed by atoms with Crippen LogP contribution in [0.1, 0.15) is 12.1 Å². The van der Waals surface area contributed by atoms with Gasteiger partial charge in [0.1, 0.15) is 11.4 Å². The first-order chi connectivity index (χ1) is 15.3. The standard InChI is InChI=1S/C22H21ClFN5O3/c1-13-8-9-25-29(13)17-6-7-19(18(24)10-17)27-20(31)22(11-14(22)12-30)28-21(32)26-16-4-2-15(23)3-5-16/h2-10,14,30H,11-12H2,1H3,(H,27,31)(H2,26,28,32). The van der Waals surface area contributed by atoms with Crippen molar-refractivity contribution in [1.82, 2.24) is 15.1 Å². The van der Waals surface area contributed by atoms with Crippen molar-refractivity contribution in [2.75, 3.05) is 17.2 Å². The van der Waals surface area contributed by atoms with Gasteiger partial charge >= 0.3 is 6.03 Å². The first kappa shape index (κ1) is 21.8. The molecular weight excluding hydrogens is 437 g/mol. The van der Waals surface area contributed by atoms with Crippen molar-refractivity contribution in [2.45, 2.75) is 18.9 Å². The molecule has 1 aliphatic rings. The van der Waals surface area contributed by atoms with Crippen LogP contribution >= 0.6 is 11.6 Å². The van der Waals surface area contributed by atoms with E-state index in [1.54, 1.807) is 47.3 Å². The molecule has 0 bridgehead atoms. The average Bonchev–Trinajstić information content (AvgIpc) is 3.31. The van der Waals surface area contributed by atoms with Crippen molar-refractivity contribution in [3.63, 3.8) is 0 Å². The number of aryl methyl sites for hydroxylation is 1. The fourth-order valence-corrected chi connectivity index (χ4v) is 3.67. The molecule has 1 aliphatic carbocycles. The van der Waals surface area contributed by atoms with Crippen molar-refractivity contribution in [3.8, 4) is 5.69 Å². The summed E-state index contributed by atoms with van der Waals surface area (Å²) in [6.07, 6.45) is 1.84. The van der Waals surface area contributed by atoms with Gasteiger partial charge in [0.15, 0.2) is 0 Å². The lowest BCUT2D eigenvalue weighted by Crippen LogP contribution is -2.49. The summed E-state index contributed by atoms with van der Waals surface area (Å²) in [4.78, 5) is 25.4. The van der Waals surface area contributed by atoms with E-state index in [1.165, 1.54) is 12.1 Å². The van der Waals surface area contributed by atoms with Crippen molar-refractivity contribution in [3.05, 3.63) is 71.3 Å². The van der Waals surface area contributed by atoms with Crippen LogP contribution in [0.15, 0.2) is 54.7 Å². The SMILES string of the molecule is Cc1ccnn1-c1ccc(NC(=O)C2(NC(=O)Nc3ccc(Cl)cc3)CC2CO)c(F)c1. The van der Waals surface area contributed by atoms with E-state index < -0.39 is 29.2 Å². The van der Waals surface area contributed by atoms with Crippen molar-refractivity contribution >= 4 is 34.9 Å². The monoisotopic (exact) mass is 457 g/mol. The summed E-state index contributed by atoms with van der Waals surface area (Å²) in [6, 6.07) is 12.0. The number of carbonyl (C=O) groups excluding carboxylic acids is 2. The second kappa shape index (κ2) is 8.60. The number of rotatable bonds is 6. The predicted molar refractivity (Wildman–Crippen MR) is 118 cm³/mol. The van der Waals surface area contributed by atoms with Crippen LogP contribution < -0.4 is 16.0 Å². The summed E-state index contributed by atoms with van der Waals surface area (Å²) in [7, 11) is 0. The lowest BCUT2D eigenvalue weighted by atomic mass is 10.1. The first-order valence-corrected chi connectivity index (χ1v) is 10.3. The lowest BCUT2D eigenvalue weighted by Gasteiger charge is -2.20. The van der Waals surface area contributed by atoms with Crippen LogP contribution in [-0.2, 0) is 4.79 Å². The number of aliphatic hydroxyl groups excluding tert-OH is 1. The highest BCUT2D eigenvalue weighted by Gasteiger charge is 2.61. The summed E-state index contributed by atoms with van der Waals surface area (Å²) in [6.45, 7) is 1.54. The van der Waals surface area contributed by atoms with Gasteiger partial charge in [0.25, 0.3) is 5.91 Å². The smallest absolute Gasteiger partial charge is 0.320 e. The maximum absolute atomic E-state index is 14.7. The summed E-state index contributed by atoms with van der Waals surface area (Å²) < 4.78 is 16.3. The quantitative estimate of drug-likeness (QED) is 0.454. The van der Waals surface area contributed by atoms with Crippen LogP contribution in [0.5, 0.6) is 0 Å². The van der Waals surface area contributed by atoms with E-state index in [0.29, 0.717) is 16.4 Å². The Bertz CT molecular complexity index is 1170. The Balaban J connectivity index is 1.47. The molecule has 1 fully saturated rings.